The van der Waals surface area contributed by atoms with Crippen LogP contribution in [0.2, 0.25) is 0 Å². The van der Waals surface area contributed by atoms with Crippen LogP contribution >= 0.6 is 0 Å². The maximum absolute atomic E-state index is 12.3. The largest absolute Gasteiger partial charge is 0.471 e. The van der Waals surface area contributed by atoms with Crippen molar-refractivity contribution in [3.05, 3.63) is 0 Å². The third-order valence-electron chi connectivity index (χ3n) is 2.67. The summed E-state index contributed by atoms with van der Waals surface area (Å²) in [6.07, 6.45) is -4.65. The van der Waals surface area contributed by atoms with Gasteiger partial charge >= 0.3 is 18.2 Å². The zero-order valence-corrected chi connectivity index (χ0v) is 11.7. The van der Waals surface area contributed by atoms with Gasteiger partial charge in [0.2, 0.25) is 0 Å². The first-order valence-corrected chi connectivity index (χ1v) is 6.34. The monoisotopic (exact) mass is 296 g/mol. The molecular weight excluding hydrogens is 277 g/mol. The third kappa shape index (κ3) is 5.26. The van der Waals surface area contributed by atoms with E-state index >= 15 is 0 Å². The van der Waals surface area contributed by atoms with E-state index in [4.69, 9.17) is 4.74 Å². The third-order valence-corrected chi connectivity index (χ3v) is 2.67. The molecule has 1 saturated heterocycles. The second kappa shape index (κ2) is 5.88. The summed E-state index contributed by atoms with van der Waals surface area (Å²) in [6, 6.07) is -0.523. The second-order valence-electron chi connectivity index (χ2n) is 5.73. The van der Waals surface area contributed by atoms with Crippen molar-refractivity contribution in [2.45, 2.75) is 51.4 Å². The molecule has 1 aliphatic heterocycles. The first kappa shape index (κ1) is 16.6. The van der Waals surface area contributed by atoms with Crippen LogP contribution < -0.4 is 5.32 Å². The average Bonchev–Trinajstić information content (AvgIpc) is 2.24. The number of piperidine rings is 1. The van der Waals surface area contributed by atoms with E-state index in [0.29, 0.717) is 17.7 Å². The fourth-order valence-electron chi connectivity index (χ4n) is 1.93. The summed E-state index contributed by atoms with van der Waals surface area (Å²) in [5.41, 5.74) is -0.680. The van der Waals surface area contributed by atoms with Crippen molar-refractivity contribution < 1.29 is 27.5 Å². The topological polar surface area (TPSA) is 58.6 Å². The van der Waals surface area contributed by atoms with Crippen LogP contribution in [-0.4, -0.2) is 47.8 Å². The molecule has 1 fully saturated rings. The van der Waals surface area contributed by atoms with E-state index in [2.05, 4.69) is 5.32 Å². The Morgan fingerprint density at radius 2 is 1.85 bits per heavy atom. The minimum Gasteiger partial charge on any atom is -0.444 e. The molecule has 0 spiro atoms. The van der Waals surface area contributed by atoms with E-state index in [1.165, 1.54) is 0 Å². The molecule has 1 aliphatic rings. The van der Waals surface area contributed by atoms with Crippen LogP contribution in [0.1, 0.15) is 33.6 Å². The molecule has 1 unspecified atom stereocenters. The highest BCUT2D eigenvalue weighted by Gasteiger charge is 2.43. The number of alkyl carbamates (subject to hydrolysis) is 1. The normalized spacial score (nSPS) is 20.5. The highest BCUT2D eigenvalue weighted by molar-refractivity contribution is 5.82. The lowest BCUT2D eigenvalue weighted by Crippen LogP contribution is -2.53. The van der Waals surface area contributed by atoms with E-state index in [0.717, 1.165) is 0 Å². The van der Waals surface area contributed by atoms with Gasteiger partial charge in [0.05, 0.1) is 0 Å². The van der Waals surface area contributed by atoms with Gasteiger partial charge in [-0.2, -0.15) is 13.2 Å². The molecule has 0 bridgehead atoms. The predicted octanol–water partition coefficient (Wildman–Crippen LogP) is 2.06. The molecular formula is C12H19F3N2O3. The number of ether oxygens (including phenoxy) is 1. The number of amides is 2. The molecule has 1 heterocycles. The molecule has 0 aromatic carbocycles. The summed E-state index contributed by atoms with van der Waals surface area (Å²) in [6.45, 7) is 4.95. The number of carbonyl (C=O) groups is 2. The van der Waals surface area contributed by atoms with Crippen molar-refractivity contribution in [2.75, 3.05) is 13.1 Å². The molecule has 0 aromatic heterocycles. The summed E-state index contributed by atoms with van der Waals surface area (Å²) in [5, 5.41) is 2.49. The number of nitrogens with one attached hydrogen (secondary N) is 1. The maximum atomic E-state index is 12.3. The zero-order valence-electron chi connectivity index (χ0n) is 11.7. The van der Waals surface area contributed by atoms with Crippen LogP contribution in [0.5, 0.6) is 0 Å². The van der Waals surface area contributed by atoms with Crippen molar-refractivity contribution in [1.29, 1.82) is 0 Å². The molecule has 1 N–H and O–H groups in total. The van der Waals surface area contributed by atoms with Crippen LogP contribution in [-0.2, 0) is 9.53 Å². The van der Waals surface area contributed by atoms with Crippen LogP contribution in [0.25, 0.3) is 0 Å². The lowest BCUT2D eigenvalue weighted by atomic mass is 10.1. The summed E-state index contributed by atoms with van der Waals surface area (Å²) in [7, 11) is 0. The summed E-state index contributed by atoms with van der Waals surface area (Å²) < 4.78 is 42.1. The van der Waals surface area contributed by atoms with Crippen molar-refractivity contribution in [1.82, 2.24) is 10.2 Å². The number of alkyl halides is 3. The molecule has 8 heteroatoms. The molecule has 1 rings (SSSR count). The maximum Gasteiger partial charge on any atom is 0.471 e. The van der Waals surface area contributed by atoms with Gasteiger partial charge in [-0.1, -0.05) is 0 Å². The molecule has 2 amide bonds. The number of halogens is 3. The Hall–Kier alpha value is -1.47. The predicted molar refractivity (Wildman–Crippen MR) is 65.0 cm³/mol. The van der Waals surface area contributed by atoms with Crippen molar-refractivity contribution in [3.8, 4) is 0 Å². The first-order valence-electron chi connectivity index (χ1n) is 6.34. The number of hydrogen-bond donors (Lipinski definition) is 1. The summed E-state index contributed by atoms with van der Waals surface area (Å²) in [4.78, 5) is 23.4. The van der Waals surface area contributed by atoms with Gasteiger partial charge in [-0.05, 0) is 33.6 Å². The molecule has 1 atom stereocenters. The van der Waals surface area contributed by atoms with Crippen molar-refractivity contribution in [3.63, 3.8) is 0 Å². The Labute approximate surface area is 115 Å². The summed E-state index contributed by atoms with van der Waals surface area (Å²) >= 11 is 0. The van der Waals surface area contributed by atoms with Gasteiger partial charge in [0.15, 0.2) is 0 Å². The highest BCUT2D eigenvalue weighted by Crippen LogP contribution is 2.21. The van der Waals surface area contributed by atoms with Crippen LogP contribution in [0.15, 0.2) is 0 Å². The van der Waals surface area contributed by atoms with Gasteiger partial charge in [0.25, 0.3) is 0 Å². The number of hydrogen-bond acceptors (Lipinski definition) is 3. The highest BCUT2D eigenvalue weighted by atomic mass is 19.4. The number of likely N-dealkylation sites (tertiary alicyclic amines) is 1. The van der Waals surface area contributed by atoms with Gasteiger partial charge < -0.3 is 15.0 Å². The minimum atomic E-state index is -4.88. The average molecular weight is 296 g/mol. The minimum absolute atomic E-state index is 0.0465. The van der Waals surface area contributed by atoms with Gasteiger partial charge in [-0.25, -0.2) is 4.79 Å². The van der Waals surface area contributed by atoms with Gasteiger partial charge in [-0.3, -0.25) is 4.79 Å². The van der Waals surface area contributed by atoms with Gasteiger partial charge in [-0.15, -0.1) is 0 Å². The molecule has 116 valence electrons. The zero-order chi connectivity index (χ0) is 15.6. The number of carbonyl (C=O) groups excluding carboxylic acids is 2. The van der Waals surface area contributed by atoms with E-state index in [-0.39, 0.29) is 13.1 Å². The second-order valence-corrected chi connectivity index (χ2v) is 5.73. The Morgan fingerprint density at radius 1 is 1.25 bits per heavy atom. The molecule has 0 aromatic rings. The van der Waals surface area contributed by atoms with E-state index in [9.17, 15) is 22.8 Å². The Bertz CT molecular complexity index is 377. The molecule has 20 heavy (non-hydrogen) atoms. The van der Waals surface area contributed by atoms with E-state index in [1.54, 1.807) is 20.8 Å². The lowest BCUT2D eigenvalue weighted by Gasteiger charge is -2.33. The standard InChI is InChI=1S/C12H19F3N2O3/c1-11(2,3)20-10(19)16-8-5-4-6-17(7-8)9(18)12(13,14)15/h8H,4-7H2,1-3H3,(H,16,19). The quantitative estimate of drug-likeness (QED) is 0.806. The number of rotatable bonds is 1. The lowest BCUT2D eigenvalue weighted by molar-refractivity contribution is -0.186. The van der Waals surface area contributed by atoms with Crippen LogP contribution in [0.3, 0.4) is 0 Å². The van der Waals surface area contributed by atoms with Gasteiger partial charge in [0, 0.05) is 19.1 Å². The van der Waals surface area contributed by atoms with Crippen molar-refractivity contribution >= 4 is 12.0 Å². The molecule has 5 nitrogen and oxygen atoms in total. The first-order chi connectivity index (χ1) is 8.99. The van der Waals surface area contributed by atoms with E-state index in [1.807, 2.05) is 0 Å². The molecule has 0 saturated carbocycles. The smallest absolute Gasteiger partial charge is 0.444 e. The van der Waals surface area contributed by atoms with E-state index < -0.39 is 29.8 Å². The fraction of sp³-hybridized carbons (Fsp3) is 0.833. The summed E-state index contributed by atoms with van der Waals surface area (Å²) in [5.74, 6) is -1.87. The van der Waals surface area contributed by atoms with Gasteiger partial charge in [0.1, 0.15) is 5.60 Å². The Balaban J connectivity index is 2.53. The molecule has 0 radical (unpaired) electrons. The molecule has 0 aliphatic carbocycles. The van der Waals surface area contributed by atoms with Crippen LogP contribution in [0, 0.1) is 0 Å². The Morgan fingerprint density at radius 3 is 2.35 bits per heavy atom. The van der Waals surface area contributed by atoms with Crippen LogP contribution in [0.4, 0.5) is 18.0 Å². The Kier molecular flexibility index (Phi) is 4.88. The van der Waals surface area contributed by atoms with Crippen molar-refractivity contribution in [2.24, 2.45) is 0 Å². The SMILES string of the molecule is CC(C)(C)OC(=O)NC1CCCN(C(=O)C(F)(F)F)C1. The fourth-order valence-corrected chi connectivity index (χ4v) is 1.93. The number of nitrogens with zero attached hydrogens (tertiary/aromatic N) is 1.